The van der Waals surface area contributed by atoms with Crippen molar-refractivity contribution in [2.24, 2.45) is 0 Å². The molecule has 0 saturated heterocycles. The molecule has 0 aliphatic carbocycles. The molecule has 0 bridgehead atoms. The van der Waals surface area contributed by atoms with Gasteiger partial charge in [-0.25, -0.2) is 4.98 Å². The van der Waals surface area contributed by atoms with Gasteiger partial charge in [0.05, 0.1) is 22.7 Å². The number of nitriles is 1. The zero-order chi connectivity index (χ0) is 18.0. The lowest BCUT2D eigenvalue weighted by Gasteiger charge is -2.16. The van der Waals surface area contributed by atoms with Crippen molar-refractivity contribution in [1.29, 1.82) is 5.26 Å². The largest absolute Gasteiger partial charge is 0.323 e. The Labute approximate surface area is 149 Å². The standard InChI is InChI=1S/C22H25N3/c1-5-19(6-2)22-24-20-10-15(3)16(4)11-21(20)25(22)14-18-9-7-8-17(12-18)13-23/h7-12,19H,5-6,14H2,1-4H3. The Morgan fingerprint density at radius 1 is 1.08 bits per heavy atom. The molecule has 0 amide bonds. The minimum Gasteiger partial charge on any atom is -0.323 e. The second-order valence-electron chi connectivity index (χ2n) is 6.81. The minimum absolute atomic E-state index is 0.451. The number of nitrogens with zero attached hydrogens (tertiary/aromatic N) is 3. The molecule has 1 heterocycles. The van der Waals surface area contributed by atoms with Crippen molar-refractivity contribution in [3.05, 3.63) is 64.5 Å². The molecule has 0 atom stereocenters. The van der Waals surface area contributed by atoms with Gasteiger partial charge in [0, 0.05) is 12.5 Å². The Bertz CT molecular complexity index is 940. The molecular weight excluding hydrogens is 306 g/mol. The van der Waals surface area contributed by atoms with Crippen molar-refractivity contribution in [1.82, 2.24) is 9.55 Å². The average Bonchev–Trinajstić information content (AvgIpc) is 2.94. The number of imidazole rings is 1. The van der Waals surface area contributed by atoms with Crippen LogP contribution in [0.2, 0.25) is 0 Å². The van der Waals surface area contributed by atoms with Crippen LogP contribution < -0.4 is 0 Å². The molecule has 0 aliphatic heterocycles. The predicted octanol–water partition coefficient (Wildman–Crippen LogP) is 5.48. The SMILES string of the molecule is CCC(CC)c1nc2cc(C)c(C)cc2n1Cc1cccc(C#N)c1. The summed E-state index contributed by atoms with van der Waals surface area (Å²) in [7, 11) is 0. The van der Waals surface area contributed by atoms with Crippen LogP contribution in [0.1, 0.15) is 60.7 Å². The first-order valence-electron chi connectivity index (χ1n) is 9.03. The fraction of sp³-hybridized carbons (Fsp3) is 0.364. The van der Waals surface area contributed by atoms with Crippen molar-refractivity contribution in [2.45, 2.75) is 53.0 Å². The van der Waals surface area contributed by atoms with Crippen LogP contribution in [0.4, 0.5) is 0 Å². The number of aromatic nitrogens is 2. The summed E-state index contributed by atoms with van der Waals surface area (Å²) in [5, 5.41) is 9.18. The molecule has 0 aliphatic rings. The molecule has 128 valence electrons. The Kier molecular flexibility index (Phi) is 4.90. The molecule has 0 spiro atoms. The van der Waals surface area contributed by atoms with Crippen LogP contribution in [0, 0.1) is 25.2 Å². The van der Waals surface area contributed by atoms with E-state index < -0.39 is 0 Å². The fourth-order valence-electron chi connectivity index (χ4n) is 3.45. The quantitative estimate of drug-likeness (QED) is 0.621. The van der Waals surface area contributed by atoms with Crippen molar-refractivity contribution in [3.63, 3.8) is 0 Å². The van der Waals surface area contributed by atoms with E-state index in [1.807, 2.05) is 18.2 Å². The Morgan fingerprint density at radius 2 is 1.80 bits per heavy atom. The highest BCUT2D eigenvalue weighted by molar-refractivity contribution is 5.78. The molecule has 2 aromatic carbocycles. The Hall–Kier alpha value is -2.60. The summed E-state index contributed by atoms with van der Waals surface area (Å²) >= 11 is 0. The maximum absolute atomic E-state index is 9.18. The predicted molar refractivity (Wildman–Crippen MR) is 103 cm³/mol. The molecule has 25 heavy (non-hydrogen) atoms. The number of fused-ring (bicyclic) bond motifs is 1. The van der Waals surface area contributed by atoms with Gasteiger partial charge in [-0.05, 0) is 67.6 Å². The summed E-state index contributed by atoms with van der Waals surface area (Å²) in [5.41, 5.74) is 6.67. The molecule has 3 rings (SSSR count). The monoisotopic (exact) mass is 331 g/mol. The fourth-order valence-corrected chi connectivity index (χ4v) is 3.45. The molecule has 3 aromatic rings. The van der Waals surface area contributed by atoms with Crippen LogP contribution in [-0.2, 0) is 6.54 Å². The lowest BCUT2D eigenvalue weighted by atomic mass is 10.0. The van der Waals surface area contributed by atoms with E-state index in [9.17, 15) is 5.26 Å². The topological polar surface area (TPSA) is 41.6 Å². The van der Waals surface area contributed by atoms with E-state index in [0.717, 1.165) is 36.3 Å². The van der Waals surface area contributed by atoms with Gasteiger partial charge in [-0.2, -0.15) is 5.26 Å². The third kappa shape index (κ3) is 3.30. The molecule has 1 aromatic heterocycles. The Morgan fingerprint density at radius 3 is 2.48 bits per heavy atom. The van der Waals surface area contributed by atoms with Crippen LogP contribution >= 0.6 is 0 Å². The third-order valence-corrected chi connectivity index (χ3v) is 5.14. The van der Waals surface area contributed by atoms with Gasteiger partial charge in [0.1, 0.15) is 5.82 Å². The van der Waals surface area contributed by atoms with E-state index in [2.05, 4.69) is 56.5 Å². The lowest BCUT2D eigenvalue weighted by Crippen LogP contribution is -2.09. The number of hydrogen-bond donors (Lipinski definition) is 0. The third-order valence-electron chi connectivity index (χ3n) is 5.14. The van der Waals surface area contributed by atoms with Crippen molar-refractivity contribution >= 4 is 11.0 Å². The molecular formula is C22H25N3. The maximum atomic E-state index is 9.18. The first-order chi connectivity index (χ1) is 12.1. The second kappa shape index (κ2) is 7.11. The van der Waals surface area contributed by atoms with Crippen LogP contribution in [0.5, 0.6) is 0 Å². The normalized spacial score (nSPS) is 11.2. The molecule has 3 heteroatoms. The molecule has 0 radical (unpaired) electrons. The highest BCUT2D eigenvalue weighted by atomic mass is 15.1. The van der Waals surface area contributed by atoms with Crippen LogP contribution in [0.3, 0.4) is 0 Å². The number of rotatable bonds is 5. The van der Waals surface area contributed by atoms with Gasteiger partial charge in [0.25, 0.3) is 0 Å². The summed E-state index contributed by atoms with van der Waals surface area (Å²) in [6.07, 6.45) is 2.16. The van der Waals surface area contributed by atoms with E-state index in [1.165, 1.54) is 16.6 Å². The highest BCUT2D eigenvalue weighted by Crippen LogP contribution is 2.29. The smallest absolute Gasteiger partial charge is 0.113 e. The second-order valence-corrected chi connectivity index (χ2v) is 6.81. The zero-order valence-electron chi connectivity index (χ0n) is 15.5. The van der Waals surface area contributed by atoms with E-state index >= 15 is 0 Å². The zero-order valence-corrected chi connectivity index (χ0v) is 15.5. The van der Waals surface area contributed by atoms with Gasteiger partial charge in [0.15, 0.2) is 0 Å². The molecule has 0 unspecified atom stereocenters. The number of aryl methyl sites for hydroxylation is 2. The molecule has 3 nitrogen and oxygen atoms in total. The van der Waals surface area contributed by atoms with Crippen molar-refractivity contribution < 1.29 is 0 Å². The van der Waals surface area contributed by atoms with E-state index in [0.29, 0.717) is 11.5 Å². The van der Waals surface area contributed by atoms with Crippen molar-refractivity contribution in [2.75, 3.05) is 0 Å². The molecule has 0 N–H and O–H groups in total. The molecule has 0 saturated carbocycles. The van der Waals surface area contributed by atoms with Gasteiger partial charge in [0.2, 0.25) is 0 Å². The van der Waals surface area contributed by atoms with E-state index in [4.69, 9.17) is 4.98 Å². The summed E-state index contributed by atoms with van der Waals surface area (Å²) < 4.78 is 2.34. The summed E-state index contributed by atoms with van der Waals surface area (Å²) in [6, 6.07) is 14.5. The highest BCUT2D eigenvalue weighted by Gasteiger charge is 2.18. The number of benzene rings is 2. The summed E-state index contributed by atoms with van der Waals surface area (Å²) in [5.74, 6) is 1.61. The van der Waals surface area contributed by atoms with Gasteiger partial charge in [-0.15, -0.1) is 0 Å². The molecule has 0 fully saturated rings. The Balaban J connectivity index is 2.17. The minimum atomic E-state index is 0.451. The van der Waals surface area contributed by atoms with Crippen LogP contribution in [-0.4, -0.2) is 9.55 Å². The van der Waals surface area contributed by atoms with Gasteiger partial charge in [-0.3, -0.25) is 0 Å². The summed E-state index contributed by atoms with van der Waals surface area (Å²) in [6.45, 7) is 9.50. The number of hydrogen-bond acceptors (Lipinski definition) is 2. The van der Waals surface area contributed by atoms with Gasteiger partial charge in [-0.1, -0.05) is 26.0 Å². The lowest BCUT2D eigenvalue weighted by molar-refractivity contribution is 0.570. The maximum Gasteiger partial charge on any atom is 0.113 e. The summed E-state index contributed by atoms with van der Waals surface area (Å²) in [4.78, 5) is 4.99. The van der Waals surface area contributed by atoms with Crippen molar-refractivity contribution in [3.8, 4) is 6.07 Å². The van der Waals surface area contributed by atoms with Crippen LogP contribution in [0.15, 0.2) is 36.4 Å². The van der Waals surface area contributed by atoms with Gasteiger partial charge < -0.3 is 4.57 Å². The first-order valence-corrected chi connectivity index (χ1v) is 9.03. The van der Waals surface area contributed by atoms with E-state index in [-0.39, 0.29) is 0 Å². The first kappa shape index (κ1) is 17.2. The van der Waals surface area contributed by atoms with E-state index in [1.54, 1.807) is 0 Å². The van der Waals surface area contributed by atoms with Gasteiger partial charge >= 0.3 is 0 Å². The average molecular weight is 331 g/mol. The van der Waals surface area contributed by atoms with Crippen LogP contribution in [0.25, 0.3) is 11.0 Å².